The molecule has 3 unspecified atom stereocenters. The van der Waals surface area contributed by atoms with E-state index in [2.05, 4.69) is 20.8 Å². The lowest BCUT2D eigenvalue weighted by Gasteiger charge is -2.22. The van der Waals surface area contributed by atoms with Crippen LogP contribution in [0.2, 0.25) is 0 Å². The molecule has 2 aromatic rings. The average Bonchev–Trinajstić information content (AvgIpc) is 3.18. The topological polar surface area (TPSA) is 55.8 Å². The SMILES string of the molecule is CCCCOC(=O)Oc1c2c(c(O)c3ccc(CC)cc13)C1CCC2C1C. The van der Waals surface area contributed by atoms with E-state index in [1.165, 1.54) is 0 Å². The zero-order valence-corrected chi connectivity index (χ0v) is 16.4. The number of aryl methyl sites for hydroxylation is 1. The second kappa shape index (κ2) is 7.06. The van der Waals surface area contributed by atoms with E-state index in [0.717, 1.165) is 59.6 Å². The number of hydrogen-bond donors (Lipinski definition) is 1. The van der Waals surface area contributed by atoms with Gasteiger partial charge in [-0.3, -0.25) is 0 Å². The molecule has 1 N–H and O–H groups in total. The Kier molecular flexibility index (Phi) is 4.75. The van der Waals surface area contributed by atoms with Crippen LogP contribution in [0.5, 0.6) is 11.5 Å². The van der Waals surface area contributed by atoms with Gasteiger partial charge in [-0.1, -0.05) is 39.3 Å². The zero-order chi connectivity index (χ0) is 19.1. The van der Waals surface area contributed by atoms with Crippen molar-refractivity contribution in [3.8, 4) is 11.5 Å². The highest BCUT2D eigenvalue weighted by Crippen LogP contribution is 2.63. The van der Waals surface area contributed by atoms with Crippen LogP contribution in [-0.2, 0) is 11.2 Å². The minimum Gasteiger partial charge on any atom is -0.507 e. The molecule has 0 aromatic heterocycles. The van der Waals surface area contributed by atoms with E-state index in [0.29, 0.717) is 35.9 Å². The van der Waals surface area contributed by atoms with E-state index in [1.807, 2.05) is 18.2 Å². The molecule has 2 aliphatic rings. The van der Waals surface area contributed by atoms with Gasteiger partial charge >= 0.3 is 6.16 Å². The molecule has 4 nitrogen and oxygen atoms in total. The van der Waals surface area contributed by atoms with Gasteiger partial charge in [-0.05, 0) is 55.1 Å². The Bertz CT molecular complexity index is 886. The Morgan fingerprint density at radius 3 is 2.59 bits per heavy atom. The van der Waals surface area contributed by atoms with E-state index in [4.69, 9.17) is 9.47 Å². The third kappa shape index (κ3) is 2.86. The standard InChI is InChI=1S/C23H28O4/c1-4-6-11-26-23(25)27-22-18-12-14(5-2)7-8-17(18)21(24)19-15-9-10-16(13(15)3)20(19)22/h7-8,12-13,15-16,24H,4-6,9-11H2,1-3H3. The number of carbonyl (C=O) groups excluding carboxylic acids is 1. The molecule has 4 heteroatoms. The number of unbranched alkanes of at least 4 members (excludes halogenated alkanes) is 1. The van der Waals surface area contributed by atoms with E-state index in [1.54, 1.807) is 0 Å². The molecule has 0 radical (unpaired) electrons. The molecule has 0 heterocycles. The van der Waals surface area contributed by atoms with Gasteiger partial charge in [0.2, 0.25) is 0 Å². The molecule has 0 aliphatic heterocycles. The van der Waals surface area contributed by atoms with Crippen LogP contribution in [0.3, 0.4) is 0 Å². The molecule has 2 bridgehead atoms. The number of phenolic OH excluding ortho intramolecular Hbond substituents is 1. The van der Waals surface area contributed by atoms with Crippen molar-refractivity contribution >= 4 is 16.9 Å². The minimum atomic E-state index is -0.644. The number of fused-ring (bicyclic) bond motifs is 6. The van der Waals surface area contributed by atoms with Crippen LogP contribution in [0.1, 0.15) is 75.0 Å². The quantitative estimate of drug-likeness (QED) is 0.397. The second-order valence-electron chi connectivity index (χ2n) is 7.94. The largest absolute Gasteiger partial charge is 0.513 e. The summed E-state index contributed by atoms with van der Waals surface area (Å²) < 4.78 is 11.1. The first kappa shape index (κ1) is 18.1. The van der Waals surface area contributed by atoms with Crippen LogP contribution in [0, 0.1) is 5.92 Å². The maximum atomic E-state index is 12.4. The molecule has 0 saturated heterocycles. The number of aromatic hydroxyl groups is 1. The smallest absolute Gasteiger partial charge is 0.507 e. The molecule has 1 saturated carbocycles. The van der Waals surface area contributed by atoms with Crippen molar-refractivity contribution in [1.29, 1.82) is 0 Å². The molecule has 1 fully saturated rings. The first-order chi connectivity index (χ1) is 13.1. The molecule has 0 spiro atoms. The highest BCUT2D eigenvalue weighted by molar-refractivity contribution is 5.98. The first-order valence-corrected chi connectivity index (χ1v) is 10.2. The summed E-state index contributed by atoms with van der Waals surface area (Å²) >= 11 is 0. The number of ether oxygens (including phenoxy) is 2. The first-order valence-electron chi connectivity index (χ1n) is 10.2. The maximum absolute atomic E-state index is 12.4. The van der Waals surface area contributed by atoms with Gasteiger partial charge in [0.25, 0.3) is 0 Å². The van der Waals surface area contributed by atoms with Crippen molar-refractivity contribution in [2.24, 2.45) is 5.92 Å². The molecule has 144 valence electrons. The van der Waals surface area contributed by atoms with Gasteiger partial charge in [0, 0.05) is 21.9 Å². The van der Waals surface area contributed by atoms with E-state index in [9.17, 15) is 9.90 Å². The zero-order valence-electron chi connectivity index (χ0n) is 16.4. The minimum absolute atomic E-state index is 0.337. The summed E-state index contributed by atoms with van der Waals surface area (Å²) in [6, 6.07) is 6.03. The summed E-state index contributed by atoms with van der Waals surface area (Å²) in [6.07, 6.45) is 4.20. The van der Waals surface area contributed by atoms with Crippen LogP contribution in [-0.4, -0.2) is 17.9 Å². The van der Waals surface area contributed by atoms with Crippen LogP contribution < -0.4 is 4.74 Å². The van der Waals surface area contributed by atoms with E-state index < -0.39 is 6.16 Å². The van der Waals surface area contributed by atoms with Crippen molar-refractivity contribution in [3.05, 3.63) is 34.9 Å². The number of carbonyl (C=O) groups is 1. The van der Waals surface area contributed by atoms with Crippen molar-refractivity contribution in [2.45, 2.75) is 64.7 Å². The molecule has 3 atom stereocenters. The Morgan fingerprint density at radius 2 is 1.89 bits per heavy atom. The lowest BCUT2D eigenvalue weighted by Crippen LogP contribution is -2.14. The highest BCUT2D eigenvalue weighted by atomic mass is 16.7. The molecule has 27 heavy (non-hydrogen) atoms. The average molecular weight is 368 g/mol. The molecule has 2 aromatic carbocycles. The molecule has 2 aliphatic carbocycles. The fourth-order valence-electron chi connectivity index (χ4n) is 4.99. The van der Waals surface area contributed by atoms with Gasteiger partial charge in [-0.15, -0.1) is 0 Å². The fraction of sp³-hybridized carbons (Fsp3) is 0.522. The van der Waals surface area contributed by atoms with Crippen LogP contribution in [0.25, 0.3) is 10.8 Å². The van der Waals surface area contributed by atoms with Crippen molar-refractivity contribution in [1.82, 2.24) is 0 Å². The molecular formula is C23H28O4. The second-order valence-corrected chi connectivity index (χ2v) is 7.94. The molecule has 0 amide bonds. The predicted octanol–water partition coefficient (Wildman–Crippen LogP) is 6.03. The van der Waals surface area contributed by atoms with Crippen LogP contribution in [0.4, 0.5) is 4.79 Å². The summed E-state index contributed by atoms with van der Waals surface area (Å²) in [5.41, 5.74) is 3.18. The third-order valence-corrected chi connectivity index (χ3v) is 6.48. The van der Waals surface area contributed by atoms with Gasteiger partial charge in [0.1, 0.15) is 11.5 Å². The summed E-state index contributed by atoms with van der Waals surface area (Å²) in [5.74, 6) is 2.12. The highest BCUT2D eigenvalue weighted by Gasteiger charge is 2.47. The van der Waals surface area contributed by atoms with Gasteiger partial charge in [0.15, 0.2) is 0 Å². The third-order valence-electron chi connectivity index (χ3n) is 6.48. The van der Waals surface area contributed by atoms with Gasteiger partial charge in [-0.25, -0.2) is 4.79 Å². The van der Waals surface area contributed by atoms with Gasteiger partial charge in [0.05, 0.1) is 6.61 Å². The monoisotopic (exact) mass is 368 g/mol. The summed E-state index contributed by atoms with van der Waals surface area (Å²) in [7, 11) is 0. The van der Waals surface area contributed by atoms with Crippen LogP contribution >= 0.6 is 0 Å². The van der Waals surface area contributed by atoms with Crippen LogP contribution in [0.15, 0.2) is 18.2 Å². The molecular weight excluding hydrogens is 340 g/mol. The number of phenols is 1. The van der Waals surface area contributed by atoms with E-state index >= 15 is 0 Å². The summed E-state index contributed by atoms with van der Waals surface area (Å²) in [6.45, 7) is 6.76. The van der Waals surface area contributed by atoms with Crippen molar-refractivity contribution in [3.63, 3.8) is 0 Å². The Balaban J connectivity index is 1.85. The Labute approximate surface area is 160 Å². The lowest BCUT2D eigenvalue weighted by atomic mass is 9.87. The van der Waals surface area contributed by atoms with E-state index in [-0.39, 0.29) is 0 Å². The van der Waals surface area contributed by atoms with Crippen molar-refractivity contribution in [2.75, 3.05) is 6.61 Å². The summed E-state index contributed by atoms with van der Waals surface area (Å²) in [4.78, 5) is 12.4. The number of rotatable bonds is 5. The van der Waals surface area contributed by atoms with Crippen molar-refractivity contribution < 1.29 is 19.4 Å². The summed E-state index contributed by atoms with van der Waals surface area (Å²) in [5, 5.41) is 12.6. The number of hydrogen-bond acceptors (Lipinski definition) is 4. The Morgan fingerprint density at radius 1 is 1.15 bits per heavy atom. The fourth-order valence-corrected chi connectivity index (χ4v) is 4.99. The normalized spacial score (nSPS) is 22.9. The predicted molar refractivity (Wildman–Crippen MR) is 106 cm³/mol. The Hall–Kier alpha value is -2.23. The van der Waals surface area contributed by atoms with Gasteiger partial charge < -0.3 is 14.6 Å². The molecule has 4 rings (SSSR count). The lowest BCUT2D eigenvalue weighted by molar-refractivity contribution is 0.0978. The maximum Gasteiger partial charge on any atom is 0.513 e. The number of benzene rings is 2. The van der Waals surface area contributed by atoms with Gasteiger partial charge in [-0.2, -0.15) is 0 Å².